The summed E-state index contributed by atoms with van der Waals surface area (Å²) in [4.78, 5) is 2.56. The second kappa shape index (κ2) is 7.80. The third-order valence-electron chi connectivity index (χ3n) is 5.00. The number of benzene rings is 1. The van der Waals surface area contributed by atoms with Crippen LogP contribution in [-0.4, -0.2) is 24.5 Å². The SMILES string of the molecule is CCN(CCC1(CN)CCCCC1)Cc1ccccc1. The molecule has 0 spiro atoms. The first-order chi connectivity index (χ1) is 9.78. The van der Waals surface area contributed by atoms with E-state index in [1.165, 1.54) is 50.6 Å². The molecular weight excluding hydrogens is 244 g/mol. The summed E-state index contributed by atoms with van der Waals surface area (Å²) in [5.74, 6) is 0. The molecule has 0 heterocycles. The molecule has 0 aromatic heterocycles. The maximum Gasteiger partial charge on any atom is 0.0233 e. The molecule has 112 valence electrons. The molecule has 0 atom stereocenters. The minimum absolute atomic E-state index is 0.433. The average molecular weight is 274 g/mol. The monoisotopic (exact) mass is 274 g/mol. The van der Waals surface area contributed by atoms with Gasteiger partial charge in [-0.25, -0.2) is 0 Å². The molecule has 2 rings (SSSR count). The van der Waals surface area contributed by atoms with Crippen LogP contribution < -0.4 is 5.73 Å². The minimum Gasteiger partial charge on any atom is -0.330 e. The summed E-state index contributed by atoms with van der Waals surface area (Å²) in [6, 6.07) is 10.8. The van der Waals surface area contributed by atoms with Gasteiger partial charge in [-0.15, -0.1) is 0 Å². The van der Waals surface area contributed by atoms with Crippen LogP contribution in [0.5, 0.6) is 0 Å². The lowest BCUT2D eigenvalue weighted by molar-refractivity contribution is 0.146. The second-order valence-corrected chi connectivity index (χ2v) is 6.37. The van der Waals surface area contributed by atoms with Crippen molar-refractivity contribution in [2.75, 3.05) is 19.6 Å². The molecule has 2 nitrogen and oxygen atoms in total. The molecule has 0 aliphatic heterocycles. The molecule has 1 aromatic rings. The Kier molecular flexibility index (Phi) is 6.06. The number of hydrogen-bond donors (Lipinski definition) is 1. The maximum absolute atomic E-state index is 6.10. The Balaban J connectivity index is 1.86. The largest absolute Gasteiger partial charge is 0.330 e. The van der Waals surface area contributed by atoms with Gasteiger partial charge in [0.2, 0.25) is 0 Å². The molecule has 20 heavy (non-hydrogen) atoms. The normalized spacial score (nSPS) is 18.4. The van der Waals surface area contributed by atoms with Gasteiger partial charge in [0.15, 0.2) is 0 Å². The molecule has 0 bridgehead atoms. The zero-order valence-electron chi connectivity index (χ0n) is 13.0. The quantitative estimate of drug-likeness (QED) is 0.819. The van der Waals surface area contributed by atoms with E-state index < -0.39 is 0 Å². The van der Waals surface area contributed by atoms with E-state index in [2.05, 4.69) is 42.2 Å². The van der Waals surface area contributed by atoms with Gasteiger partial charge >= 0.3 is 0 Å². The highest BCUT2D eigenvalue weighted by Gasteiger charge is 2.30. The summed E-state index contributed by atoms with van der Waals surface area (Å²) in [6.45, 7) is 6.50. The van der Waals surface area contributed by atoms with Gasteiger partial charge in [-0.3, -0.25) is 4.90 Å². The third-order valence-corrected chi connectivity index (χ3v) is 5.00. The van der Waals surface area contributed by atoms with Gasteiger partial charge in [-0.2, -0.15) is 0 Å². The van der Waals surface area contributed by atoms with Gasteiger partial charge < -0.3 is 5.73 Å². The Morgan fingerprint density at radius 3 is 2.40 bits per heavy atom. The van der Waals surface area contributed by atoms with Gasteiger partial charge in [-0.05, 0) is 49.9 Å². The van der Waals surface area contributed by atoms with Crippen molar-refractivity contribution in [3.63, 3.8) is 0 Å². The van der Waals surface area contributed by atoms with Crippen LogP contribution in [0.25, 0.3) is 0 Å². The van der Waals surface area contributed by atoms with E-state index in [0.29, 0.717) is 5.41 Å². The van der Waals surface area contributed by atoms with E-state index in [0.717, 1.165) is 19.6 Å². The molecule has 0 unspecified atom stereocenters. The third kappa shape index (κ3) is 4.32. The van der Waals surface area contributed by atoms with Crippen LogP contribution in [0.4, 0.5) is 0 Å². The first kappa shape index (κ1) is 15.5. The van der Waals surface area contributed by atoms with Crippen molar-refractivity contribution >= 4 is 0 Å². The fourth-order valence-corrected chi connectivity index (χ4v) is 3.44. The van der Waals surface area contributed by atoms with Crippen molar-refractivity contribution < 1.29 is 0 Å². The molecule has 1 saturated carbocycles. The summed E-state index contributed by atoms with van der Waals surface area (Å²) >= 11 is 0. The molecule has 0 radical (unpaired) electrons. The molecule has 1 aromatic carbocycles. The van der Waals surface area contributed by atoms with Crippen LogP contribution >= 0.6 is 0 Å². The zero-order chi connectivity index (χ0) is 14.3. The van der Waals surface area contributed by atoms with E-state index in [4.69, 9.17) is 5.73 Å². The lowest BCUT2D eigenvalue weighted by Crippen LogP contribution is -2.37. The first-order valence-electron chi connectivity index (χ1n) is 8.24. The highest BCUT2D eigenvalue weighted by molar-refractivity contribution is 5.14. The first-order valence-corrected chi connectivity index (χ1v) is 8.24. The molecular formula is C18H30N2. The van der Waals surface area contributed by atoms with Crippen molar-refractivity contribution in [2.45, 2.75) is 52.0 Å². The Hall–Kier alpha value is -0.860. The van der Waals surface area contributed by atoms with Gasteiger partial charge in [0.1, 0.15) is 0 Å². The molecule has 2 heteroatoms. The Labute approximate surface area is 124 Å². The van der Waals surface area contributed by atoms with Crippen molar-refractivity contribution in [1.82, 2.24) is 4.90 Å². The molecule has 0 amide bonds. The van der Waals surface area contributed by atoms with Crippen molar-refractivity contribution in [3.05, 3.63) is 35.9 Å². The Bertz CT molecular complexity index is 368. The average Bonchev–Trinajstić information content (AvgIpc) is 2.53. The number of nitrogens with zero attached hydrogens (tertiary/aromatic N) is 1. The minimum atomic E-state index is 0.433. The lowest BCUT2D eigenvalue weighted by Gasteiger charge is -2.38. The Morgan fingerprint density at radius 2 is 1.80 bits per heavy atom. The number of hydrogen-bond acceptors (Lipinski definition) is 2. The summed E-state index contributed by atoms with van der Waals surface area (Å²) in [7, 11) is 0. The van der Waals surface area contributed by atoms with Crippen LogP contribution in [0.2, 0.25) is 0 Å². The summed E-state index contributed by atoms with van der Waals surface area (Å²) in [6.07, 6.45) is 8.11. The molecule has 1 aliphatic carbocycles. The van der Waals surface area contributed by atoms with E-state index in [-0.39, 0.29) is 0 Å². The van der Waals surface area contributed by atoms with Crippen molar-refractivity contribution in [1.29, 1.82) is 0 Å². The molecule has 2 N–H and O–H groups in total. The second-order valence-electron chi connectivity index (χ2n) is 6.37. The van der Waals surface area contributed by atoms with Gasteiger partial charge in [0.05, 0.1) is 0 Å². The van der Waals surface area contributed by atoms with Gasteiger partial charge in [-0.1, -0.05) is 56.5 Å². The van der Waals surface area contributed by atoms with Gasteiger partial charge in [0, 0.05) is 6.54 Å². The van der Waals surface area contributed by atoms with Crippen LogP contribution in [0.3, 0.4) is 0 Å². The highest BCUT2D eigenvalue weighted by Crippen LogP contribution is 2.38. The highest BCUT2D eigenvalue weighted by atomic mass is 15.1. The number of rotatable bonds is 7. The Morgan fingerprint density at radius 1 is 1.10 bits per heavy atom. The van der Waals surface area contributed by atoms with Crippen molar-refractivity contribution in [3.8, 4) is 0 Å². The molecule has 0 saturated heterocycles. The summed E-state index contributed by atoms with van der Waals surface area (Å²) in [5.41, 5.74) is 7.95. The zero-order valence-corrected chi connectivity index (χ0v) is 13.0. The van der Waals surface area contributed by atoms with Crippen LogP contribution in [0.1, 0.15) is 51.0 Å². The van der Waals surface area contributed by atoms with E-state index in [1.807, 2.05) is 0 Å². The fourth-order valence-electron chi connectivity index (χ4n) is 3.44. The lowest BCUT2D eigenvalue weighted by atomic mass is 9.72. The maximum atomic E-state index is 6.10. The van der Waals surface area contributed by atoms with Crippen LogP contribution in [0, 0.1) is 5.41 Å². The summed E-state index contributed by atoms with van der Waals surface area (Å²) in [5, 5.41) is 0. The summed E-state index contributed by atoms with van der Waals surface area (Å²) < 4.78 is 0. The van der Waals surface area contributed by atoms with Crippen molar-refractivity contribution in [2.24, 2.45) is 11.1 Å². The smallest absolute Gasteiger partial charge is 0.0233 e. The van der Waals surface area contributed by atoms with Crippen LogP contribution in [0.15, 0.2) is 30.3 Å². The standard InChI is InChI=1S/C18H30N2/c1-2-20(15-17-9-5-3-6-10-17)14-13-18(16-19)11-7-4-8-12-18/h3,5-6,9-10H,2,4,7-8,11-16,19H2,1H3. The van der Waals surface area contributed by atoms with E-state index >= 15 is 0 Å². The predicted octanol–water partition coefficient (Wildman–Crippen LogP) is 3.81. The van der Waals surface area contributed by atoms with Gasteiger partial charge in [0.25, 0.3) is 0 Å². The van der Waals surface area contributed by atoms with Crippen LogP contribution in [-0.2, 0) is 6.54 Å². The fraction of sp³-hybridized carbons (Fsp3) is 0.667. The number of nitrogens with two attached hydrogens (primary N) is 1. The van der Waals surface area contributed by atoms with E-state index in [1.54, 1.807) is 0 Å². The van der Waals surface area contributed by atoms with E-state index in [9.17, 15) is 0 Å². The topological polar surface area (TPSA) is 29.3 Å². The molecule has 1 fully saturated rings. The predicted molar refractivity (Wildman–Crippen MR) is 86.6 cm³/mol. The molecule has 1 aliphatic rings.